The zero-order valence-corrected chi connectivity index (χ0v) is 27.0. The Kier molecular flexibility index (Phi) is 8.74. The molecule has 0 radical (unpaired) electrons. The van der Waals surface area contributed by atoms with Gasteiger partial charge in [-0.15, -0.1) is 11.3 Å². The molecule has 1 aliphatic heterocycles. The molecule has 226 valence electrons. The van der Waals surface area contributed by atoms with Gasteiger partial charge in [0.2, 0.25) is 5.88 Å². The number of allylic oxidation sites excluding steroid dienone is 1. The van der Waals surface area contributed by atoms with Gasteiger partial charge in [0.1, 0.15) is 34.6 Å². The molecule has 5 aromatic rings. The highest BCUT2D eigenvalue weighted by atomic mass is 35.5. The summed E-state index contributed by atoms with van der Waals surface area (Å²) in [4.78, 5) is 13.3. The van der Waals surface area contributed by atoms with Crippen molar-refractivity contribution in [1.82, 2.24) is 0 Å². The minimum Gasteiger partial charge on any atom is -0.493 e. The van der Waals surface area contributed by atoms with Crippen LogP contribution >= 0.6 is 57.7 Å². The zero-order chi connectivity index (χ0) is 31.8. The van der Waals surface area contributed by atoms with Gasteiger partial charge < -0.3 is 24.7 Å². The van der Waals surface area contributed by atoms with Crippen LogP contribution in [0.3, 0.4) is 0 Å². The quantitative estimate of drug-likeness (QED) is 0.133. The first-order chi connectivity index (χ1) is 21.7. The molecular weight excluding hydrogens is 678 g/mol. The number of rotatable bonds is 7. The molecule has 6 rings (SSSR count). The van der Waals surface area contributed by atoms with Gasteiger partial charge in [-0.2, -0.15) is 5.26 Å². The van der Waals surface area contributed by atoms with Gasteiger partial charge in [-0.1, -0.05) is 70.7 Å². The molecule has 0 fully saturated rings. The van der Waals surface area contributed by atoms with E-state index in [2.05, 4.69) is 6.07 Å². The Morgan fingerprint density at radius 3 is 2.56 bits per heavy atom. The van der Waals surface area contributed by atoms with Crippen molar-refractivity contribution in [2.24, 2.45) is 5.73 Å². The maximum Gasteiger partial charge on any atom is 0.355 e. The van der Waals surface area contributed by atoms with Crippen molar-refractivity contribution in [3.8, 4) is 29.1 Å². The molecule has 4 aromatic carbocycles. The number of hydrogen-bond acceptors (Lipinski definition) is 8. The van der Waals surface area contributed by atoms with Crippen LogP contribution in [0.1, 0.15) is 32.3 Å². The summed E-state index contributed by atoms with van der Waals surface area (Å²) in [6, 6.07) is 22.8. The Labute approximate surface area is 281 Å². The van der Waals surface area contributed by atoms with E-state index in [-0.39, 0.29) is 33.7 Å². The van der Waals surface area contributed by atoms with E-state index < -0.39 is 11.9 Å². The van der Waals surface area contributed by atoms with Crippen molar-refractivity contribution < 1.29 is 23.7 Å². The lowest BCUT2D eigenvalue weighted by molar-refractivity contribution is 0.0740. The lowest BCUT2D eigenvalue weighted by Gasteiger charge is -2.27. The van der Waals surface area contributed by atoms with Crippen molar-refractivity contribution in [3.05, 3.63) is 126 Å². The molecule has 1 unspecified atom stereocenters. The molecule has 2 heterocycles. The molecule has 1 aliphatic rings. The standard InChI is InChI=1S/C33H20Cl4N2O5S/c1-41-26-11-16(6-10-24(26)42-15-17-5-7-18(34)12-23(17)36)28-20-9-8-19(13-25(20)44-32(39)21(28)14-38)43-33(40)31-30(37)29-22(35)3-2-4-27(29)45-31/h2-13,28H,15,39H2,1H3. The van der Waals surface area contributed by atoms with Gasteiger partial charge in [0.25, 0.3) is 0 Å². The van der Waals surface area contributed by atoms with E-state index in [0.717, 1.165) is 10.3 Å². The Hall–Kier alpha value is -4.10. The van der Waals surface area contributed by atoms with E-state index in [1.807, 2.05) is 12.1 Å². The first-order valence-corrected chi connectivity index (χ1v) is 15.6. The predicted molar refractivity (Wildman–Crippen MR) is 176 cm³/mol. The van der Waals surface area contributed by atoms with Gasteiger partial charge in [0, 0.05) is 37.3 Å². The number of benzene rings is 4. The third kappa shape index (κ3) is 5.98. The van der Waals surface area contributed by atoms with Crippen LogP contribution in [0.5, 0.6) is 23.0 Å². The summed E-state index contributed by atoms with van der Waals surface area (Å²) in [6.45, 7) is 0.184. The van der Waals surface area contributed by atoms with Crippen LogP contribution in [0.15, 0.2) is 84.3 Å². The SMILES string of the molecule is COc1cc(C2C(C#N)=C(N)Oc3cc(OC(=O)c4sc5cccc(Cl)c5c4Cl)ccc32)ccc1OCc1ccc(Cl)cc1Cl. The number of esters is 1. The highest BCUT2D eigenvalue weighted by Crippen LogP contribution is 2.46. The average molecular weight is 698 g/mol. The van der Waals surface area contributed by atoms with Crippen LogP contribution in [0.2, 0.25) is 20.1 Å². The predicted octanol–water partition coefficient (Wildman–Crippen LogP) is 9.54. The van der Waals surface area contributed by atoms with Gasteiger partial charge >= 0.3 is 5.97 Å². The van der Waals surface area contributed by atoms with Crippen LogP contribution in [0, 0.1) is 11.3 Å². The Bertz CT molecular complexity index is 2070. The highest BCUT2D eigenvalue weighted by Gasteiger charge is 2.32. The molecule has 0 amide bonds. The molecule has 1 aromatic heterocycles. The second-order valence-corrected chi connectivity index (χ2v) is 12.5. The van der Waals surface area contributed by atoms with E-state index >= 15 is 0 Å². The summed E-state index contributed by atoms with van der Waals surface area (Å²) in [6.07, 6.45) is 0. The van der Waals surface area contributed by atoms with Crippen molar-refractivity contribution in [1.29, 1.82) is 5.26 Å². The highest BCUT2D eigenvalue weighted by molar-refractivity contribution is 7.21. The molecule has 12 heteroatoms. The van der Waals surface area contributed by atoms with E-state index in [1.165, 1.54) is 18.4 Å². The zero-order valence-electron chi connectivity index (χ0n) is 23.2. The minimum atomic E-state index is -0.647. The molecule has 0 bridgehead atoms. The van der Waals surface area contributed by atoms with E-state index in [9.17, 15) is 10.1 Å². The molecule has 0 saturated heterocycles. The molecule has 1 atom stereocenters. The number of halogens is 4. The third-order valence-electron chi connectivity index (χ3n) is 7.11. The number of hydrogen-bond donors (Lipinski definition) is 1. The fourth-order valence-corrected chi connectivity index (χ4v) is 7.26. The number of methoxy groups -OCH3 is 1. The molecule has 7 nitrogen and oxygen atoms in total. The van der Waals surface area contributed by atoms with Crippen LogP contribution in [0.25, 0.3) is 10.1 Å². The lowest BCUT2D eigenvalue weighted by Crippen LogP contribution is -2.21. The summed E-state index contributed by atoms with van der Waals surface area (Å²) in [5, 5.41) is 12.3. The molecule has 2 N–H and O–H groups in total. The van der Waals surface area contributed by atoms with E-state index in [4.69, 9.17) is 71.1 Å². The van der Waals surface area contributed by atoms with Gasteiger partial charge in [0.15, 0.2) is 11.5 Å². The lowest BCUT2D eigenvalue weighted by atomic mass is 9.83. The number of nitriles is 1. The number of carbonyl (C=O) groups is 1. The summed E-state index contributed by atoms with van der Waals surface area (Å²) in [7, 11) is 1.52. The maximum atomic E-state index is 13.1. The fraction of sp³-hybridized carbons (Fsp3) is 0.0909. The van der Waals surface area contributed by atoms with Gasteiger partial charge in [-0.3, -0.25) is 0 Å². The number of ether oxygens (including phenoxy) is 4. The number of carbonyl (C=O) groups excluding carboxylic acids is 1. The number of thiophene rings is 1. The Morgan fingerprint density at radius 2 is 1.82 bits per heavy atom. The summed E-state index contributed by atoms with van der Waals surface area (Å²) < 4.78 is 23.9. The van der Waals surface area contributed by atoms with E-state index in [1.54, 1.807) is 60.7 Å². The van der Waals surface area contributed by atoms with Crippen molar-refractivity contribution in [2.45, 2.75) is 12.5 Å². The largest absolute Gasteiger partial charge is 0.493 e. The summed E-state index contributed by atoms with van der Waals surface area (Å²) >= 11 is 26.3. The minimum absolute atomic E-state index is 0.0719. The Morgan fingerprint density at radius 1 is 1.00 bits per heavy atom. The van der Waals surface area contributed by atoms with E-state index in [0.29, 0.717) is 48.8 Å². The normalized spacial score (nSPS) is 14.0. The van der Waals surface area contributed by atoms with Crippen molar-refractivity contribution >= 4 is 73.8 Å². The summed E-state index contributed by atoms with van der Waals surface area (Å²) in [5.41, 5.74) is 8.51. The molecule has 45 heavy (non-hydrogen) atoms. The van der Waals surface area contributed by atoms with Crippen molar-refractivity contribution in [3.63, 3.8) is 0 Å². The molecular formula is C33H20Cl4N2O5S. The van der Waals surface area contributed by atoms with Crippen LogP contribution < -0.4 is 24.7 Å². The molecule has 0 aliphatic carbocycles. The smallest absolute Gasteiger partial charge is 0.355 e. The maximum absolute atomic E-state index is 13.1. The number of nitrogens with two attached hydrogens (primary N) is 1. The van der Waals surface area contributed by atoms with Crippen LogP contribution in [-0.4, -0.2) is 13.1 Å². The summed E-state index contributed by atoms with van der Waals surface area (Å²) in [5.74, 6) is 0.113. The number of fused-ring (bicyclic) bond motifs is 2. The van der Waals surface area contributed by atoms with Gasteiger partial charge in [-0.25, -0.2) is 4.79 Å². The Balaban J connectivity index is 1.29. The third-order valence-corrected chi connectivity index (χ3v) is 9.64. The fourth-order valence-electron chi connectivity index (χ4n) is 4.97. The first-order valence-electron chi connectivity index (χ1n) is 13.2. The first kappa shape index (κ1) is 30.9. The monoisotopic (exact) mass is 696 g/mol. The molecule has 0 saturated carbocycles. The molecule has 0 spiro atoms. The number of nitrogens with zero attached hydrogens (tertiary/aromatic N) is 1. The second-order valence-electron chi connectivity index (χ2n) is 9.81. The van der Waals surface area contributed by atoms with Crippen molar-refractivity contribution in [2.75, 3.05) is 7.11 Å². The van der Waals surface area contributed by atoms with Crippen LogP contribution in [-0.2, 0) is 6.61 Å². The second kappa shape index (κ2) is 12.7. The van der Waals surface area contributed by atoms with Gasteiger partial charge in [0.05, 0.1) is 23.1 Å². The van der Waals surface area contributed by atoms with Gasteiger partial charge in [-0.05, 0) is 48.0 Å². The topological polar surface area (TPSA) is 104 Å². The van der Waals surface area contributed by atoms with Crippen LogP contribution in [0.4, 0.5) is 0 Å². The average Bonchev–Trinajstić information content (AvgIpc) is 3.37.